The Labute approximate surface area is 110 Å². The van der Waals surface area contributed by atoms with E-state index in [-0.39, 0.29) is 29.3 Å². The third-order valence-electron chi connectivity index (χ3n) is 4.25. The molecule has 0 aromatic heterocycles. The molecule has 104 valence electrons. The second-order valence-corrected chi connectivity index (χ2v) is 5.73. The monoisotopic (exact) mass is 254 g/mol. The summed E-state index contributed by atoms with van der Waals surface area (Å²) in [5.41, 5.74) is -0.142. The van der Waals surface area contributed by atoms with E-state index < -0.39 is 0 Å². The SMILES string of the molecule is CCC(C)(CC)N1CCC(=O)NC(C(C)C)C1=O. The van der Waals surface area contributed by atoms with Crippen LogP contribution in [0.5, 0.6) is 0 Å². The van der Waals surface area contributed by atoms with Crippen LogP contribution in [0.4, 0.5) is 0 Å². The molecular weight excluding hydrogens is 228 g/mol. The van der Waals surface area contributed by atoms with Crippen LogP contribution in [0, 0.1) is 5.92 Å². The summed E-state index contributed by atoms with van der Waals surface area (Å²) in [5.74, 6) is 0.182. The van der Waals surface area contributed by atoms with Crippen molar-refractivity contribution >= 4 is 11.8 Å². The maximum absolute atomic E-state index is 12.6. The summed E-state index contributed by atoms with van der Waals surface area (Å²) in [5, 5.41) is 2.85. The van der Waals surface area contributed by atoms with Gasteiger partial charge in [-0.25, -0.2) is 0 Å². The van der Waals surface area contributed by atoms with Crippen molar-refractivity contribution < 1.29 is 9.59 Å². The molecule has 4 nitrogen and oxygen atoms in total. The third-order valence-corrected chi connectivity index (χ3v) is 4.25. The van der Waals surface area contributed by atoms with Gasteiger partial charge in [0.05, 0.1) is 0 Å². The molecule has 1 heterocycles. The van der Waals surface area contributed by atoms with Crippen molar-refractivity contribution in [1.29, 1.82) is 0 Å². The van der Waals surface area contributed by atoms with Crippen molar-refractivity contribution in [2.45, 2.75) is 65.5 Å². The average Bonchev–Trinajstić information content (AvgIpc) is 2.49. The Kier molecular flexibility index (Phi) is 4.77. The number of carbonyl (C=O) groups is 2. The van der Waals surface area contributed by atoms with Crippen molar-refractivity contribution in [3.63, 3.8) is 0 Å². The van der Waals surface area contributed by atoms with Crippen LogP contribution in [-0.4, -0.2) is 34.8 Å². The average molecular weight is 254 g/mol. The predicted molar refractivity (Wildman–Crippen MR) is 72.1 cm³/mol. The molecule has 0 radical (unpaired) electrons. The maximum Gasteiger partial charge on any atom is 0.245 e. The van der Waals surface area contributed by atoms with Crippen molar-refractivity contribution in [3.05, 3.63) is 0 Å². The van der Waals surface area contributed by atoms with Gasteiger partial charge < -0.3 is 10.2 Å². The number of nitrogens with one attached hydrogen (secondary N) is 1. The van der Waals surface area contributed by atoms with Gasteiger partial charge in [-0.2, -0.15) is 0 Å². The van der Waals surface area contributed by atoms with E-state index in [4.69, 9.17) is 0 Å². The molecule has 2 amide bonds. The van der Waals surface area contributed by atoms with Crippen LogP contribution in [0.2, 0.25) is 0 Å². The summed E-state index contributed by atoms with van der Waals surface area (Å²) < 4.78 is 0. The Morgan fingerprint density at radius 1 is 1.33 bits per heavy atom. The Morgan fingerprint density at radius 3 is 2.33 bits per heavy atom. The standard InChI is InChI=1S/C14H26N2O2/c1-6-14(5,7-2)16-9-8-11(17)15-12(10(3)4)13(16)18/h10,12H,6-9H2,1-5H3,(H,15,17). The van der Waals surface area contributed by atoms with Crippen molar-refractivity contribution in [2.24, 2.45) is 5.92 Å². The highest BCUT2D eigenvalue weighted by atomic mass is 16.2. The first-order valence-corrected chi connectivity index (χ1v) is 6.96. The Morgan fingerprint density at radius 2 is 1.89 bits per heavy atom. The van der Waals surface area contributed by atoms with Gasteiger partial charge in [-0.1, -0.05) is 27.7 Å². The molecule has 1 aliphatic heterocycles. The lowest BCUT2D eigenvalue weighted by molar-refractivity contribution is -0.140. The molecule has 1 saturated heterocycles. The first-order valence-electron chi connectivity index (χ1n) is 6.96. The lowest BCUT2D eigenvalue weighted by Gasteiger charge is -2.41. The molecule has 0 aromatic rings. The minimum Gasteiger partial charge on any atom is -0.344 e. The number of rotatable bonds is 4. The van der Waals surface area contributed by atoms with E-state index >= 15 is 0 Å². The van der Waals surface area contributed by atoms with Gasteiger partial charge in [0.25, 0.3) is 0 Å². The van der Waals surface area contributed by atoms with E-state index in [2.05, 4.69) is 26.1 Å². The topological polar surface area (TPSA) is 49.4 Å². The van der Waals surface area contributed by atoms with Crippen molar-refractivity contribution in [1.82, 2.24) is 10.2 Å². The smallest absolute Gasteiger partial charge is 0.245 e. The largest absolute Gasteiger partial charge is 0.344 e. The zero-order valence-electron chi connectivity index (χ0n) is 12.2. The molecule has 1 rings (SSSR count). The molecule has 0 spiro atoms. The highest BCUT2D eigenvalue weighted by molar-refractivity contribution is 5.90. The fraction of sp³-hybridized carbons (Fsp3) is 0.857. The minimum atomic E-state index is -0.377. The molecule has 1 fully saturated rings. The number of hydrogen-bond donors (Lipinski definition) is 1. The fourth-order valence-electron chi connectivity index (χ4n) is 2.42. The lowest BCUT2D eigenvalue weighted by Crippen LogP contribution is -2.55. The molecule has 0 saturated carbocycles. The first kappa shape index (κ1) is 15.0. The van der Waals surface area contributed by atoms with Gasteiger partial charge >= 0.3 is 0 Å². The van der Waals surface area contributed by atoms with Gasteiger partial charge in [0.15, 0.2) is 0 Å². The second-order valence-electron chi connectivity index (χ2n) is 5.73. The van der Waals surface area contributed by atoms with E-state index in [1.54, 1.807) is 0 Å². The Balaban J connectivity index is 3.04. The van der Waals surface area contributed by atoms with E-state index in [0.717, 1.165) is 12.8 Å². The summed E-state index contributed by atoms with van der Waals surface area (Å²) in [6.45, 7) is 10.8. The quantitative estimate of drug-likeness (QED) is 0.833. The van der Waals surface area contributed by atoms with Crippen LogP contribution < -0.4 is 5.32 Å². The zero-order chi connectivity index (χ0) is 13.9. The number of hydrogen-bond acceptors (Lipinski definition) is 2. The third kappa shape index (κ3) is 2.85. The van der Waals surface area contributed by atoms with Gasteiger partial charge in [0, 0.05) is 18.5 Å². The molecule has 0 bridgehead atoms. The van der Waals surface area contributed by atoms with Gasteiger partial charge in [0.2, 0.25) is 11.8 Å². The zero-order valence-corrected chi connectivity index (χ0v) is 12.2. The summed E-state index contributed by atoms with van der Waals surface area (Å²) >= 11 is 0. The predicted octanol–water partition coefficient (Wildman–Crippen LogP) is 1.94. The molecule has 18 heavy (non-hydrogen) atoms. The van der Waals surface area contributed by atoms with Crippen LogP contribution in [0.15, 0.2) is 0 Å². The van der Waals surface area contributed by atoms with Gasteiger partial charge in [-0.05, 0) is 25.7 Å². The minimum absolute atomic E-state index is 0.0147. The molecule has 4 heteroatoms. The molecule has 1 atom stereocenters. The molecule has 1 unspecified atom stereocenters. The number of nitrogens with zero attached hydrogens (tertiary/aromatic N) is 1. The number of amides is 2. The van der Waals surface area contributed by atoms with Gasteiger partial charge in [-0.15, -0.1) is 0 Å². The van der Waals surface area contributed by atoms with Crippen molar-refractivity contribution in [2.75, 3.05) is 6.54 Å². The van der Waals surface area contributed by atoms with Crippen LogP contribution in [-0.2, 0) is 9.59 Å². The fourth-order valence-corrected chi connectivity index (χ4v) is 2.42. The summed E-state index contributed by atoms with van der Waals surface area (Å²) in [4.78, 5) is 26.2. The van der Waals surface area contributed by atoms with Crippen LogP contribution in [0.1, 0.15) is 53.9 Å². The Bertz CT molecular complexity index is 322. The molecule has 0 aliphatic carbocycles. The van der Waals surface area contributed by atoms with Gasteiger partial charge in [-0.3, -0.25) is 9.59 Å². The maximum atomic E-state index is 12.6. The Hall–Kier alpha value is -1.06. The second kappa shape index (κ2) is 5.72. The van der Waals surface area contributed by atoms with Gasteiger partial charge in [0.1, 0.15) is 6.04 Å². The highest BCUT2D eigenvalue weighted by Crippen LogP contribution is 2.26. The van der Waals surface area contributed by atoms with Crippen LogP contribution >= 0.6 is 0 Å². The van der Waals surface area contributed by atoms with E-state index in [0.29, 0.717) is 13.0 Å². The number of carbonyl (C=O) groups excluding carboxylic acids is 2. The van der Waals surface area contributed by atoms with Crippen LogP contribution in [0.25, 0.3) is 0 Å². The molecular formula is C14H26N2O2. The summed E-state index contributed by atoms with van der Waals surface area (Å²) in [6, 6.07) is -0.377. The first-order chi connectivity index (χ1) is 8.35. The van der Waals surface area contributed by atoms with Crippen LogP contribution in [0.3, 0.4) is 0 Å². The molecule has 1 aliphatic rings. The lowest BCUT2D eigenvalue weighted by atomic mass is 9.91. The van der Waals surface area contributed by atoms with E-state index in [9.17, 15) is 9.59 Å². The molecule has 1 N–H and O–H groups in total. The van der Waals surface area contributed by atoms with E-state index in [1.807, 2.05) is 18.7 Å². The molecule has 0 aromatic carbocycles. The summed E-state index contributed by atoms with van der Waals surface area (Å²) in [7, 11) is 0. The normalized spacial score (nSPS) is 22.1. The van der Waals surface area contributed by atoms with E-state index in [1.165, 1.54) is 0 Å². The summed E-state index contributed by atoms with van der Waals surface area (Å²) in [6.07, 6.45) is 2.23. The highest BCUT2D eigenvalue weighted by Gasteiger charge is 2.39. The van der Waals surface area contributed by atoms with Crippen molar-refractivity contribution in [3.8, 4) is 0 Å².